The summed E-state index contributed by atoms with van der Waals surface area (Å²) in [6, 6.07) is 4.34. The number of piperidine rings is 1. The van der Waals surface area contributed by atoms with Crippen LogP contribution in [0, 0.1) is 23.5 Å². The fraction of sp³-hybridized carbons (Fsp3) is 0.636. The van der Waals surface area contributed by atoms with Crippen LogP contribution in [0.25, 0.3) is 0 Å². The Morgan fingerprint density at radius 1 is 1.07 bits per heavy atom. The number of carbonyl (C=O) groups is 2. The van der Waals surface area contributed by atoms with Crippen molar-refractivity contribution in [3.63, 3.8) is 0 Å². The van der Waals surface area contributed by atoms with Gasteiger partial charge in [0.15, 0.2) is 11.6 Å². The molecular formula is C22H30F2N2O3. The zero-order valence-electron chi connectivity index (χ0n) is 17.0. The van der Waals surface area contributed by atoms with Gasteiger partial charge in [-0.3, -0.25) is 14.5 Å². The molecule has 0 aromatic heterocycles. The van der Waals surface area contributed by atoms with Crippen LogP contribution < -0.4 is 0 Å². The van der Waals surface area contributed by atoms with Crippen molar-refractivity contribution in [1.29, 1.82) is 0 Å². The van der Waals surface area contributed by atoms with Crippen LogP contribution in [-0.2, 0) is 20.9 Å². The highest BCUT2D eigenvalue weighted by molar-refractivity contribution is 5.77. The Morgan fingerprint density at radius 3 is 2.52 bits per heavy atom. The van der Waals surface area contributed by atoms with Crippen molar-refractivity contribution in [3.8, 4) is 0 Å². The molecule has 1 aromatic carbocycles. The summed E-state index contributed by atoms with van der Waals surface area (Å²) in [6.07, 6.45) is 4.26. The highest BCUT2D eigenvalue weighted by Crippen LogP contribution is 2.32. The molecule has 5 nitrogen and oxygen atoms in total. The molecule has 0 spiro atoms. The Morgan fingerprint density at radius 2 is 1.79 bits per heavy atom. The lowest BCUT2D eigenvalue weighted by molar-refractivity contribution is -0.140. The number of rotatable bonds is 7. The predicted molar refractivity (Wildman–Crippen MR) is 105 cm³/mol. The van der Waals surface area contributed by atoms with Gasteiger partial charge < -0.3 is 9.64 Å². The van der Waals surface area contributed by atoms with E-state index in [2.05, 4.69) is 9.64 Å². The molecule has 160 valence electrons. The second kappa shape index (κ2) is 10.1. The van der Waals surface area contributed by atoms with Gasteiger partial charge in [0.05, 0.1) is 7.11 Å². The molecule has 3 rings (SSSR count). The number of benzene rings is 1. The summed E-state index contributed by atoms with van der Waals surface area (Å²) in [7, 11) is 1.36. The van der Waals surface area contributed by atoms with E-state index in [1.54, 1.807) is 12.1 Å². The maximum Gasteiger partial charge on any atom is 0.305 e. The number of carbonyl (C=O) groups excluding carboxylic acids is 2. The molecule has 2 aliphatic rings. The molecule has 0 bridgehead atoms. The van der Waals surface area contributed by atoms with Gasteiger partial charge in [0.2, 0.25) is 5.91 Å². The quantitative estimate of drug-likeness (QED) is 0.649. The Labute approximate surface area is 171 Å². The number of hydrogen-bond acceptors (Lipinski definition) is 4. The van der Waals surface area contributed by atoms with Crippen LogP contribution in [0.15, 0.2) is 18.2 Å². The van der Waals surface area contributed by atoms with Gasteiger partial charge in [-0.15, -0.1) is 0 Å². The Hall–Kier alpha value is -2.02. The number of amides is 1. The Bertz CT molecular complexity index is 720. The zero-order valence-corrected chi connectivity index (χ0v) is 17.0. The summed E-state index contributed by atoms with van der Waals surface area (Å²) in [5.41, 5.74) is 0.410. The second-order valence-corrected chi connectivity index (χ2v) is 8.14. The number of hydrogen-bond donors (Lipinski definition) is 0. The summed E-state index contributed by atoms with van der Waals surface area (Å²) in [4.78, 5) is 27.6. The van der Waals surface area contributed by atoms with E-state index < -0.39 is 11.6 Å². The lowest BCUT2D eigenvalue weighted by atomic mass is 9.83. The van der Waals surface area contributed by atoms with Crippen LogP contribution in [0.3, 0.4) is 0 Å². The predicted octanol–water partition coefficient (Wildman–Crippen LogP) is 3.37. The lowest BCUT2D eigenvalue weighted by Gasteiger charge is -2.35. The smallest absolute Gasteiger partial charge is 0.305 e. The topological polar surface area (TPSA) is 49.9 Å². The summed E-state index contributed by atoms with van der Waals surface area (Å²) < 4.78 is 31.9. The maximum absolute atomic E-state index is 13.9. The molecule has 1 amide bonds. The minimum atomic E-state index is -0.792. The third kappa shape index (κ3) is 5.75. The van der Waals surface area contributed by atoms with E-state index in [1.165, 1.54) is 7.11 Å². The molecule has 2 heterocycles. The van der Waals surface area contributed by atoms with Crippen molar-refractivity contribution in [3.05, 3.63) is 35.4 Å². The molecule has 2 aliphatic heterocycles. The van der Waals surface area contributed by atoms with Gasteiger partial charge in [0.25, 0.3) is 0 Å². The second-order valence-electron chi connectivity index (χ2n) is 8.14. The number of methoxy groups -OCH3 is 1. The van der Waals surface area contributed by atoms with E-state index in [4.69, 9.17) is 0 Å². The molecule has 7 heteroatoms. The van der Waals surface area contributed by atoms with Crippen molar-refractivity contribution < 1.29 is 23.1 Å². The lowest BCUT2D eigenvalue weighted by Crippen LogP contribution is -2.37. The maximum atomic E-state index is 13.9. The fourth-order valence-corrected chi connectivity index (χ4v) is 4.54. The molecule has 0 radical (unpaired) electrons. The number of ether oxygens (including phenoxy) is 1. The van der Waals surface area contributed by atoms with Gasteiger partial charge in [0.1, 0.15) is 0 Å². The van der Waals surface area contributed by atoms with Crippen LogP contribution >= 0.6 is 0 Å². The summed E-state index contributed by atoms with van der Waals surface area (Å²) in [6.45, 7) is 3.75. The summed E-state index contributed by atoms with van der Waals surface area (Å²) in [5, 5.41) is 0. The minimum Gasteiger partial charge on any atom is -0.469 e. The molecule has 1 aromatic rings. The molecular weight excluding hydrogens is 378 g/mol. The van der Waals surface area contributed by atoms with Crippen LogP contribution in [0.5, 0.6) is 0 Å². The van der Waals surface area contributed by atoms with Gasteiger partial charge in [-0.25, -0.2) is 8.78 Å². The molecule has 0 saturated carbocycles. The van der Waals surface area contributed by atoms with Crippen molar-refractivity contribution >= 4 is 11.9 Å². The van der Waals surface area contributed by atoms with Crippen molar-refractivity contribution in [2.24, 2.45) is 11.8 Å². The van der Waals surface area contributed by atoms with Gasteiger partial charge in [-0.05, 0) is 56.7 Å². The highest BCUT2D eigenvalue weighted by atomic mass is 19.2. The number of likely N-dealkylation sites (tertiary alicyclic amines) is 2. The van der Waals surface area contributed by atoms with E-state index in [-0.39, 0.29) is 18.3 Å². The van der Waals surface area contributed by atoms with Gasteiger partial charge in [-0.1, -0.05) is 12.1 Å². The van der Waals surface area contributed by atoms with E-state index in [9.17, 15) is 18.4 Å². The van der Waals surface area contributed by atoms with Crippen LogP contribution in [0.4, 0.5) is 8.78 Å². The van der Waals surface area contributed by atoms with Gasteiger partial charge in [-0.2, -0.15) is 0 Å². The monoisotopic (exact) mass is 408 g/mol. The van der Waals surface area contributed by atoms with E-state index >= 15 is 0 Å². The van der Waals surface area contributed by atoms with E-state index in [0.29, 0.717) is 36.8 Å². The minimum absolute atomic E-state index is 0.121. The number of nitrogens with zero attached hydrogens (tertiary/aromatic N) is 2. The Kier molecular flexibility index (Phi) is 7.58. The molecule has 1 atom stereocenters. The Balaban J connectivity index is 1.40. The first-order chi connectivity index (χ1) is 14.0. The molecule has 2 saturated heterocycles. The molecule has 0 N–H and O–H groups in total. The highest BCUT2D eigenvalue weighted by Gasteiger charge is 2.33. The van der Waals surface area contributed by atoms with E-state index in [1.807, 2.05) is 4.90 Å². The molecule has 0 unspecified atom stereocenters. The van der Waals surface area contributed by atoms with Crippen molar-refractivity contribution in [2.45, 2.75) is 45.1 Å². The average Bonchev–Trinajstić information content (AvgIpc) is 3.22. The average molecular weight is 408 g/mol. The largest absolute Gasteiger partial charge is 0.469 e. The first-order valence-electron chi connectivity index (χ1n) is 10.5. The van der Waals surface area contributed by atoms with Gasteiger partial charge in [0, 0.05) is 38.0 Å². The first kappa shape index (κ1) is 21.7. The number of esters is 1. The third-order valence-corrected chi connectivity index (χ3v) is 6.30. The molecule has 29 heavy (non-hydrogen) atoms. The number of halogens is 2. The van der Waals surface area contributed by atoms with Crippen LogP contribution in [-0.4, -0.2) is 55.0 Å². The summed E-state index contributed by atoms with van der Waals surface area (Å²) >= 11 is 0. The van der Waals surface area contributed by atoms with Gasteiger partial charge >= 0.3 is 5.97 Å². The SMILES string of the molecule is COC(=O)CCCC(=O)N1CC[C@@H](C2CCN(Cc3cccc(F)c3F)CC2)C1. The molecule has 2 fully saturated rings. The standard InChI is InChI=1S/C22H30F2N2O3/c1-29-21(28)7-3-6-20(27)26-13-10-17(15-26)16-8-11-25(12-9-16)14-18-4-2-5-19(23)22(18)24/h2,4-5,16-17H,3,6-15H2,1H3/t17-/m1/s1. The van der Waals surface area contributed by atoms with Crippen molar-refractivity contribution in [1.82, 2.24) is 9.80 Å². The molecule has 0 aliphatic carbocycles. The van der Waals surface area contributed by atoms with E-state index in [0.717, 1.165) is 51.5 Å². The first-order valence-corrected chi connectivity index (χ1v) is 10.5. The fourth-order valence-electron chi connectivity index (χ4n) is 4.54. The van der Waals surface area contributed by atoms with Crippen LogP contribution in [0.1, 0.15) is 44.1 Å². The third-order valence-electron chi connectivity index (χ3n) is 6.30. The normalized spacial score (nSPS) is 20.8. The van der Waals surface area contributed by atoms with Crippen molar-refractivity contribution in [2.75, 3.05) is 33.3 Å². The van der Waals surface area contributed by atoms with Crippen LogP contribution in [0.2, 0.25) is 0 Å². The summed E-state index contributed by atoms with van der Waals surface area (Å²) in [5.74, 6) is -0.618. The zero-order chi connectivity index (χ0) is 20.8.